The third kappa shape index (κ3) is 2.30. The first kappa shape index (κ1) is 16.0. The van der Waals surface area contributed by atoms with Gasteiger partial charge in [-0.1, -0.05) is 49.6 Å². The van der Waals surface area contributed by atoms with Crippen LogP contribution in [-0.2, 0) is 10.3 Å². The maximum Gasteiger partial charge on any atom is 0.338 e. The number of fused-ring (bicyclic) bond motifs is 2. The van der Waals surface area contributed by atoms with Crippen LogP contribution in [0.25, 0.3) is 11.1 Å². The molecule has 0 radical (unpaired) electrons. The van der Waals surface area contributed by atoms with Crippen LogP contribution < -0.4 is 0 Å². The van der Waals surface area contributed by atoms with Gasteiger partial charge in [0.25, 0.3) is 0 Å². The van der Waals surface area contributed by atoms with Crippen LogP contribution in [0, 0.1) is 0 Å². The van der Waals surface area contributed by atoms with Crippen molar-refractivity contribution in [3.05, 3.63) is 59.6 Å². The van der Waals surface area contributed by atoms with Crippen molar-refractivity contribution in [2.45, 2.75) is 43.7 Å². The molecule has 3 N–H and O–H groups in total. The van der Waals surface area contributed by atoms with Gasteiger partial charge < -0.3 is 19.9 Å². The number of allylic oxidation sites excluding steroid dienone is 1. The number of aliphatic hydroxyl groups is 2. The van der Waals surface area contributed by atoms with Crippen LogP contribution in [0.4, 0.5) is 0 Å². The van der Waals surface area contributed by atoms with Gasteiger partial charge in [0.15, 0.2) is 0 Å². The van der Waals surface area contributed by atoms with E-state index in [2.05, 4.69) is 0 Å². The van der Waals surface area contributed by atoms with E-state index in [4.69, 9.17) is 0 Å². The molecule has 0 saturated heterocycles. The summed E-state index contributed by atoms with van der Waals surface area (Å²) in [6.07, 6.45) is 4.88. The van der Waals surface area contributed by atoms with E-state index in [1.165, 1.54) is 0 Å². The molecule has 1 spiro atoms. The number of hydrogen-bond donors (Lipinski definition) is 3. The third-order valence-corrected chi connectivity index (χ3v) is 5.58. The fourth-order valence-electron chi connectivity index (χ4n) is 4.32. The number of aliphatic carboxylic acids is 1. The zero-order chi connectivity index (χ0) is 17.6. The van der Waals surface area contributed by atoms with Crippen LogP contribution in [0.3, 0.4) is 0 Å². The number of carbonyl (C=O) groups is 1. The second kappa shape index (κ2) is 5.77. The monoisotopic (exact) mass is 339 g/mol. The minimum absolute atomic E-state index is 0.185. The summed E-state index contributed by atoms with van der Waals surface area (Å²) in [7, 11) is 0. The Hall–Kier alpha value is -2.53. The Morgan fingerprint density at radius 1 is 1.08 bits per heavy atom. The standard InChI is InChI=1S/C20H21NO4/c22-17-15-11-14(13-7-3-1-4-8-13)12-21(15)20(9-5-2-6-10-20)18(23)16(17)19(24)25/h1,3-4,7-8,11-12,17,22-23H,2,5-6,9-10H2,(H,24,25). The topological polar surface area (TPSA) is 82.7 Å². The normalized spacial score (nSPS) is 22.0. The third-order valence-electron chi connectivity index (χ3n) is 5.58. The zero-order valence-corrected chi connectivity index (χ0v) is 13.9. The van der Waals surface area contributed by atoms with Crippen molar-refractivity contribution in [1.82, 2.24) is 4.57 Å². The first-order valence-corrected chi connectivity index (χ1v) is 8.68. The minimum atomic E-state index is -1.33. The Bertz CT molecular complexity index is 844. The van der Waals surface area contributed by atoms with E-state index in [1.807, 2.05) is 47.2 Å². The molecule has 5 nitrogen and oxygen atoms in total. The van der Waals surface area contributed by atoms with Gasteiger partial charge in [0, 0.05) is 6.20 Å². The smallest absolute Gasteiger partial charge is 0.338 e. The molecule has 130 valence electrons. The van der Waals surface area contributed by atoms with E-state index in [0.29, 0.717) is 18.5 Å². The van der Waals surface area contributed by atoms with Crippen LogP contribution in [-0.4, -0.2) is 25.9 Å². The summed E-state index contributed by atoms with van der Waals surface area (Å²) in [5, 5.41) is 31.0. The van der Waals surface area contributed by atoms with Gasteiger partial charge >= 0.3 is 5.97 Å². The van der Waals surface area contributed by atoms with Crippen molar-refractivity contribution in [1.29, 1.82) is 0 Å². The Kier molecular flexibility index (Phi) is 3.69. The molecule has 1 unspecified atom stereocenters. The van der Waals surface area contributed by atoms with Crippen LogP contribution in [0.15, 0.2) is 53.9 Å². The summed E-state index contributed by atoms with van der Waals surface area (Å²) in [6.45, 7) is 0. The molecule has 5 heteroatoms. The highest BCUT2D eigenvalue weighted by atomic mass is 16.4. The molecule has 4 rings (SSSR count). The number of carboxylic acid groups (broad SMARTS) is 1. The molecule has 1 aliphatic carbocycles. The second-order valence-electron chi connectivity index (χ2n) is 6.95. The molecule has 25 heavy (non-hydrogen) atoms. The van der Waals surface area contributed by atoms with Gasteiger partial charge in [-0.25, -0.2) is 4.79 Å². The molecule has 1 aromatic heterocycles. The average Bonchev–Trinajstić information content (AvgIpc) is 3.08. The summed E-state index contributed by atoms with van der Waals surface area (Å²) >= 11 is 0. The van der Waals surface area contributed by atoms with Crippen LogP contribution in [0.5, 0.6) is 0 Å². The average molecular weight is 339 g/mol. The van der Waals surface area contributed by atoms with E-state index in [0.717, 1.165) is 30.4 Å². The van der Waals surface area contributed by atoms with E-state index in [-0.39, 0.29) is 11.3 Å². The molecule has 2 aromatic rings. The summed E-state index contributed by atoms with van der Waals surface area (Å²) in [4.78, 5) is 11.7. The SMILES string of the molecule is O=C(O)C1=C(O)C2(CCCCC2)n2cc(-c3ccccc3)cc2C1O. The van der Waals surface area contributed by atoms with Gasteiger partial charge in [-0.3, -0.25) is 0 Å². The number of rotatable bonds is 2. The first-order chi connectivity index (χ1) is 12.0. The fraction of sp³-hybridized carbons (Fsp3) is 0.350. The maximum atomic E-state index is 11.7. The van der Waals surface area contributed by atoms with Crippen molar-refractivity contribution in [2.24, 2.45) is 0 Å². The van der Waals surface area contributed by atoms with Crippen LogP contribution >= 0.6 is 0 Å². The predicted octanol–water partition coefficient (Wildman–Crippen LogP) is 3.76. The summed E-state index contributed by atoms with van der Waals surface area (Å²) in [5.74, 6) is -1.45. The van der Waals surface area contributed by atoms with Gasteiger partial charge in [0.2, 0.25) is 0 Å². The lowest BCUT2D eigenvalue weighted by molar-refractivity contribution is -0.134. The molecule has 2 heterocycles. The largest absolute Gasteiger partial charge is 0.509 e. The van der Waals surface area contributed by atoms with Crippen LogP contribution in [0.1, 0.15) is 43.9 Å². The van der Waals surface area contributed by atoms with E-state index in [9.17, 15) is 20.1 Å². The molecule has 2 aliphatic rings. The van der Waals surface area contributed by atoms with Gasteiger partial charge in [0.1, 0.15) is 23.0 Å². The molecule has 0 bridgehead atoms. The lowest BCUT2D eigenvalue weighted by atomic mass is 9.75. The van der Waals surface area contributed by atoms with Crippen molar-refractivity contribution in [3.63, 3.8) is 0 Å². The van der Waals surface area contributed by atoms with Crippen molar-refractivity contribution >= 4 is 5.97 Å². The van der Waals surface area contributed by atoms with Crippen molar-refractivity contribution < 1.29 is 20.1 Å². The number of nitrogens with zero attached hydrogens (tertiary/aromatic N) is 1. The minimum Gasteiger partial charge on any atom is -0.509 e. The van der Waals surface area contributed by atoms with Gasteiger partial charge in [-0.2, -0.15) is 0 Å². The van der Waals surface area contributed by atoms with E-state index in [1.54, 1.807) is 0 Å². The Balaban J connectivity index is 1.92. The van der Waals surface area contributed by atoms with Crippen LogP contribution in [0.2, 0.25) is 0 Å². The number of aliphatic hydroxyl groups excluding tert-OH is 2. The lowest BCUT2D eigenvalue weighted by Crippen LogP contribution is -2.44. The number of aromatic nitrogens is 1. The quantitative estimate of drug-likeness (QED) is 0.778. The second-order valence-corrected chi connectivity index (χ2v) is 6.95. The van der Waals surface area contributed by atoms with E-state index >= 15 is 0 Å². The molecule has 0 amide bonds. The fourth-order valence-corrected chi connectivity index (χ4v) is 4.32. The molecule has 1 aliphatic heterocycles. The molecular weight excluding hydrogens is 318 g/mol. The summed E-state index contributed by atoms with van der Waals surface area (Å²) in [5.41, 5.74) is 1.41. The Morgan fingerprint density at radius 2 is 1.76 bits per heavy atom. The van der Waals surface area contributed by atoms with Crippen molar-refractivity contribution in [2.75, 3.05) is 0 Å². The lowest BCUT2D eigenvalue weighted by Gasteiger charge is -2.43. The van der Waals surface area contributed by atoms with E-state index < -0.39 is 17.6 Å². The number of carboxylic acids is 1. The molecule has 1 atom stereocenters. The molecular formula is C20H21NO4. The highest BCUT2D eigenvalue weighted by Gasteiger charge is 2.48. The maximum absolute atomic E-state index is 11.7. The Morgan fingerprint density at radius 3 is 2.40 bits per heavy atom. The van der Waals surface area contributed by atoms with Crippen molar-refractivity contribution in [3.8, 4) is 11.1 Å². The predicted molar refractivity (Wildman–Crippen MR) is 93.2 cm³/mol. The van der Waals surface area contributed by atoms with Gasteiger partial charge in [-0.15, -0.1) is 0 Å². The number of hydrogen-bond acceptors (Lipinski definition) is 3. The zero-order valence-electron chi connectivity index (χ0n) is 13.9. The first-order valence-electron chi connectivity index (χ1n) is 8.68. The highest BCUT2D eigenvalue weighted by molar-refractivity contribution is 5.89. The molecule has 1 fully saturated rings. The Labute approximate surface area is 145 Å². The summed E-state index contributed by atoms with van der Waals surface area (Å²) < 4.78 is 1.92. The number of benzene rings is 1. The highest BCUT2D eigenvalue weighted by Crippen LogP contribution is 2.49. The van der Waals surface area contributed by atoms with Gasteiger partial charge in [0.05, 0.1) is 5.69 Å². The molecule has 1 saturated carbocycles. The molecule has 1 aromatic carbocycles. The summed E-state index contributed by atoms with van der Waals surface area (Å²) in [6, 6.07) is 11.6. The van der Waals surface area contributed by atoms with Gasteiger partial charge in [-0.05, 0) is 30.0 Å².